The van der Waals surface area contributed by atoms with E-state index in [1.54, 1.807) is 36.5 Å². The first-order chi connectivity index (χ1) is 19.7. The average molecular weight is 581 g/mol. The topological polar surface area (TPSA) is 175 Å². The quantitative estimate of drug-likeness (QED) is 0.203. The normalized spacial score (nSPS) is 39.7. The third-order valence-corrected chi connectivity index (χ3v) is 7.22. The van der Waals surface area contributed by atoms with Crippen molar-refractivity contribution in [2.45, 2.75) is 100 Å². The molecule has 1 unspecified atom stereocenters. The minimum absolute atomic E-state index is 0.0787. The van der Waals surface area contributed by atoms with Crippen LogP contribution in [-0.4, -0.2) is 111 Å². The number of fused-ring (bicyclic) bond motifs is 14. The van der Waals surface area contributed by atoms with E-state index in [0.717, 1.165) is 0 Å². The molecular formula is C30H44O11. The summed E-state index contributed by atoms with van der Waals surface area (Å²) in [6.45, 7) is 1.34. The van der Waals surface area contributed by atoms with Crippen LogP contribution in [0.1, 0.15) is 39.0 Å². The molecule has 0 radical (unpaired) electrons. The highest BCUT2D eigenvalue weighted by molar-refractivity contribution is 5.82. The van der Waals surface area contributed by atoms with Crippen molar-refractivity contribution in [1.29, 1.82) is 0 Å². The van der Waals surface area contributed by atoms with Crippen molar-refractivity contribution in [3.8, 4) is 0 Å². The van der Waals surface area contributed by atoms with E-state index in [4.69, 9.17) is 18.9 Å². The Morgan fingerprint density at radius 3 is 2.39 bits per heavy atom. The number of carbonyl (C=O) groups excluding carboxylic acids is 1. The molecule has 0 aromatic rings. The predicted molar refractivity (Wildman–Crippen MR) is 148 cm³/mol. The summed E-state index contributed by atoms with van der Waals surface area (Å²) in [5, 5.41) is 60.3. The van der Waals surface area contributed by atoms with Crippen molar-refractivity contribution >= 4 is 5.97 Å². The second-order valence-electron chi connectivity index (χ2n) is 10.6. The fourth-order valence-corrected chi connectivity index (χ4v) is 4.69. The first-order valence-corrected chi connectivity index (χ1v) is 14.2. The lowest BCUT2D eigenvalue weighted by Crippen LogP contribution is -2.59. The molecule has 6 N–H and O–H groups in total. The zero-order valence-corrected chi connectivity index (χ0v) is 23.3. The van der Waals surface area contributed by atoms with Gasteiger partial charge in [-0.05, 0) is 32.6 Å². The largest absolute Gasteiger partial charge is 0.460 e. The van der Waals surface area contributed by atoms with Crippen LogP contribution in [0.15, 0.2) is 60.8 Å². The molecular weight excluding hydrogens is 536 g/mol. The lowest BCUT2D eigenvalue weighted by atomic mass is 9.94. The fraction of sp³-hybridized carbons (Fsp3) is 0.633. The van der Waals surface area contributed by atoms with Crippen molar-refractivity contribution in [2.24, 2.45) is 5.92 Å². The van der Waals surface area contributed by atoms with E-state index in [-0.39, 0.29) is 18.6 Å². The van der Waals surface area contributed by atoms with Gasteiger partial charge in [0, 0.05) is 18.4 Å². The molecule has 0 aromatic heterocycles. The Hall–Kier alpha value is -2.19. The molecule has 41 heavy (non-hydrogen) atoms. The number of rotatable bonds is 4. The second kappa shape index (κ2) is 17.1. The third-order valence-electron chi connectivity index (χ3n) is 7.22. The standard InChI is InChI=1S/C30H44O11/c1-19-10-8-9-14-22-26(34)23(40-22)16-21(32)13-6-2-4-11-20(12-5-3-7-15-25(33)39-19)18-38-30-29(37)28(36)27(35)24(17-31)41-30/h2-7,9,11,14-15,19-24,26-32,34-37H,8,10,12-13,16-18H2,1H3/t19?,20-,21-,22-,23+,24+,26-,27+,28-,29+,30+/m0/s1. The van der Waals surface area contributed by atoms with Crippen molar-refractivity contribution in [3.63, 3.8) is 0 Å². The van der Waals surface area contributed by atoms with Gasteiger partial charge < -0.3 is 49.6 Å². The fourth-order valence-electron chi connectivity index (χ4n) is 4.69. The summed E-state index contributed by atoms with van der Waals surface area (Å²) in [5.74, 6) is -0.672. The highest BCUT2D eigenvalue weighted by atomic mass is 16.7. The molecule has 2 bridgehead atoms. The third kappa shape index (κ3) is 10.5. The number of ether oxygens (including phenoxy) is 4. The molecule has 4 aliphatic rings. The molecule has 11 nitrogen and oxygen atoms in total. The summed E-state index contributed by atoms with van der Waals surface area (Å²) in [4.78, 5) is 12.1. The first-order valence-electron chi connectivity index (χ1n) is 14.2. The van der Waals surface area contributed by atoms with Crippen LogP contribution < -0.4 is 0 Å². The van der Waals surface area contributed by atoms with E-state index < -0.39 is 67.7 Å². The van der Waals surface area contributed by atoms with E-state index in [2.05, 4.69) is 0 Å². The second-order valence-corrected chi connectivity index (χ2v) is 10.6. The maximum atomic E-state index is 12.1. The highest BCUT2D eigenvalue weighted by Crippen LogP contribution is 2.27. The van der Waals surface area contributed by atoms with Crippen LogP contribution in [0.4, 0.5) is 0 Å². The van der Waals surface area contributed by atoms with Gasteiger partial charge in [-0.3, -0.25) is 0 Å². The SMILES string of the molecule is CC1CCC=C[C@@H]2O[C@H](C[C@@H](O)CC=CC=C[C@H](CO[C@@H]3O[C@H](CO)[C@@H](O)[C@H](O)[C@H]3O)CC=CC=CC(=O)O1)[C@H]2O. The number of hydrogen-bond acceptors (Lipinski definition) is 11. The van der Waals surface area contributed by atoms with Gasteiger partial charge in [-0.25, -0.2) is 4.79 Å². The van der Waals surface area contributed by atoms with Gasteiger partial charge in [-0.2, -0.15) is 0 Å². The van der Waals surface area contributed by atoms with Crippen LogP contribution in [0.25, 0.3) is 0 Å². The van der Waals surface area contributed by atoms with Crippen LogP contribution in [0.2, 0.25) is 0 Å². The summed E-state index contributed by atoms with van der Waals surface area (Å²) in [6.07, 6.45) is 10.5. The van der Waals surface area contributed by atoms with Crippen molar-refractivity contribution < 1.29 is 54.4 Å². The van der Waals surface area contributed by atoms with E-state index in [0.29, 0.717) is 32.1 Å². The molecule has 2 saturated heterocycles. The Balaban J connectivity index is 1.64. The van der Waals surface area contributed by atoms with Crippen molar-refractivity contribution in [1.82, 2.24) is 0 Å². The van der Waals surface area contributed by atoms with Crippen molar-refractivity contribution in [2.75, 3.05) is 13.2 Å². The summed E-state index contributed by atoms with van der Waals surface area (Å²) >= 11 is 0. The lowest BCUT2D eigenvalue weighted by Gasteiger charge is -2.41. The molecule has 11 atom stereocenters. The van der Waals surface area contributed by atoms with Crippen LogP contribution in [0, 0.1) is 5.92 Å². The minimum atomic E-state index is -1.53. The highest BCUT2D eigenvalue weighted by Gasteiger charge is 2.44. The van der Waals surface area contributed by atoms with E-state index in [9.17, 15) is 35.4 Å². The van der Waals surface area contributed by atoms with Crippen LogP contribution in [0.5, 0.6) is 0 Å². The van der Waals surface area contributed by atoms with Crippen LogP contribution in [-0.2, 0) is 23.7 Å². The van der Waals surface area contributed by atoms with Gasteiger partial charge >= 0.3 is 5.97 Å². The lowest BCUT2D eigenvalue weighted by molar-refractivity contribution is -0.302. The number of hydrogen-bond donors (Lipinski definition) is 6. The minimum Gasteiger partial charge on any atom is -0.460 e. The number of aliphatic hydroxyl groups excluding tert-OH is 6. The van der Waals surface area contributed by atoms with Gasteiger partial charge in [0.1, 0.15) is 36.6 Å². The molecule has 4 aliphatic heterocycles. The van der Waals surface area contributed by atoms with Gasteiger partial charge in [-0.1, -0.05) is 54.7 Å². The summed E-state index contributed by atoms with van der Waals surface area (Å²) < 4.78 is 22.2. The molecule has 0 aromatic carbocycles. The Bertz CT molecular complexity index is 943. The Kier molecular flexibility index (Phi) is 13.9. The molecule has 230 valence electrons. The predicted octanol–water partition coefficient (Wildman–Crippen LogP) is 0.585. The number of carbonyl (C=O) groups is 1. The molecule has 0 aliphatic carbocycles. The van der Waals surface area contributed by atoms with Crippen LogP contribution in [0.3, 0.4) is 0 Å². The zero-order valence-electron chi connectivity index (χ0n) is 23.3. The molecule has 4 rings (SSSR count). The van der Waals surface area contributed by atoms with E-state index >= 15 is 0 Å². The summed E-state index contributed by atoms with van der Waals surface area (Å²) in [7, 11) is 0. The van der Waals surface area contributed by atoms with E-state index in [1.165, 1.54) is 6.08 Å². The van der Waals surface area contributed by atoms with Gasteiger partial charge in [0.25, 0.3) is 0 Å². The van der Waals surface area contributed by atoms with Gasteiger partial charge in [0.2, 0.25) is 0 Å². The Labute approximate surface area is 240 Å². The Morgan fingerprint density at radius 2 is 1.63 bits per heavy atom. The molecule has 2 fully saturated rings. The number of allylic oxidation sites excluding steroid dienone is 6. The maximum Gasteiger partial charge on any atom is 0.331 e. The first kappa shape index (κ1) is 33.3. The zero-order chi connectivity index (χ0) is 29.8. The number of esters is 1. The smallest absolute Gasteiger partial charge is 0.331 e. The number of aliphatic hydroxyl groups is 6. The monoisotopic (exact) mass is 580 g/mol. The molecule has 11 heteroatoms. The summed E-state index contributed by atoms with van der Waals surface area (Å²) in [5.41, 5.74) is 0. The van der Waals surface area contributed by atoms with Gasteiger partial charge in [0.05, 0.1) is 31.5 Å². The maximum absolute atomic E-state index is 12.1. The molecule has 4 heterocycles. The van der Waals surface area contributed by atoms with Gasteiger partial charge in [0.15, 0.2) is 6.29 Å². The molecule has 0 saturated carbocycles. The van der Waals surface area contributed by atoms with Crippen molar-refractivity contribution in [3.05, 3.63) is 60.8 Å². The molecule has 0 amide bonds. The Morgan fingerprint density at radius 1 is 0.878 bits per heavy atom. The van der Waals surface area contributed by atoms with Gasteiger partial charge in [-0.15, -0.1) is 0 Å². The average Bonchev–Trinajstić information content (AvgIpc) is 2.94. The summed E-state index contributed by atoms with van der Waals surface area (Å²) in [6, 6.07) is 0. The molecule has 0 spiro atoms. The van der Waals surface area contributed by atoms with Crippen LogP contribution >= 0.6 is 0 Å². The van der Waals surface area contributed by atoms with E-state index in [1.807, 2.05) is 25.2 Å².